The molecule has 0 saturated carbocycles. The van der Waals surface area contributed by atoms with Crippen molar-refractivity contribution in [1.29, 1.82) is 0 Å². The number of nitrogens with two attached hydrogens (primary N) is 1. The smallest absolute Gasteiger partial charge is 0.267 e. The van der Waals surface area contributed by atoms with Gasteiger partial charge in [0.05, 0.1) is 16.8 Å². The molecular weight excluding hydrogens is 497 g/mol. The van der Waals surface area contributed by atoms with Crippen LogP contribution in [-0.2, 0) is 0 Å². The van der Waals surface area contributed by atoms with Gasteiger partial charge < -0.3 is 16.0 Å². The third kappa shape index (κ3) is 4.78. The molecule has 1 aliphatic heterocycles. The van der Waals surface area contributed by atoms with Crippen molar-refractivity contribution < 1.29 is 9.59 Å². The topological polar surface area (TPSA) is 101 Å². The Morgan fingerprint density at radius 3 is 2.50 bits per heavy atom. The summed E-state index contributed by atoms with van der Waals surface area (Å²) in [5, 5.41) is 4.92. The molecule has 2 amide bonds. The molecule has 3 heterocycles. The third-order valence-electron chi connectivity index (χ3n) is 6.32. The van der Waals surface area contributed by atoms with Crippen LogP contribution >= 0.6 is 23.2 Å². The highest BCUT2D eigenvalue weighted by Crippen LogP contribution is 2.35. The first-order valence-corrected chi connectivity index (χ1v) is 12.2. The highest BCUT2D eigenvalue weighted by atomic mass is 35.5. The standard InChI is InChI=1S/C27H23Cl2N5O2/c1-34(14-19-7-8-31-19)27(36)25-20-11-15(22-3-2-4-24(33-22)26(30)35)5-6-23(20)32-13-21(25)16-9-17(28)12-18(29)10-16/h2-6,9-13,19,31H,7-8,14H2,1H3,(H2,30,35)/t19-/m0/s1. The highest BCUT2D eigenvalue weighted by molar-refractivity contribution is 6.35. The van der Waals surface area contributed by atoms with Crippen molar-refractivity contribution in [3.8, 4) is 22.4 Å². The molecule has 0 radical (unpaired) electrons. The molecule has 1 aliphatic rings. The minimum Gasteiger partial charge on any atom is -0.364 e. The fourth-order valence-corrected chi connectivity index (χ4v) is 4.88. The van der Waals surface area contributed by atoms with Crippen molar-refractivity contribution >= 4 is 45.9 Å². The predicted octanol–water partition coefficient (Wildman–Crippen LogP) is 4.80. The van der Waals surface area contributed by atoms with E-state index in [1.165, 1.54) is 0 Å². The van der Waals surface area contributed by atoms with Gasteiger partial charge in [-0.15, -0.1) is 0 Å². The van der Waals surface area contributed by atoms with Crippen molar-refractivity contribution in [2.75, 3.05) is 20.1 Å². The van der Waals surface area contributed by atoms with Gasteiger partial charge in [0.15, 0.2) is 0 Å². The molecule has 7 nitrogen and oxygen atoms in total. The fourth-order valence-electron chi connectivity index (χ4n) is 4.35. The van der Waals surface area contributed by atoms with E-state index in [-0.39, 0.29) is 17.6 Å². The van der Waals surface area contributed by atoms with Crippen LogP contribution in [0.5, 0.6) is 0 Å². The minimum absolute atomic E-state index is 0.141. The number of nitrogens with one attached hydrogen (secondary N) is 1. The van der Waals surface area contributed by atoms with Crippen LogP contribution in [0.15, 0.2) is 60.8 Å². The molecule has 1 atom stereocenters. The van der Waals surface area contributed by atoms with Gasteiger partial charge in [-0.2, -0.15) is 0 Å². The molecule has 0 bridgehead atoms. The van der Waals surface area contributed by atoms with E-state index in [2.05, 4.69) is 15.3 Å². The van der Waals surface area contributed by atoms with E-state index in [1.54, 1.807) is 54.5 Å². The molecule has 0 unspecified atom stereocenters. The van der Waals surface area contributed by atoms with Crippen LogP contribution in [-0.4, -0.2) is 52.9 Å². The Kier molecular flexibility index (Phi) is 6.62. The van der Waals surface area contributed by atoms with Crippen LogP contribution in [0.4, 0.5) is 0 Å². The summed E-state index contributed by atoms with van der Waals surface area (Å²) in [4.78, 5) is 36.3. The van der Waals surface area contributed by atoms with Crippen LogP contribution in [0, 0.1) is 0 Å². The number of pyridine rings is 2. The molecule has 0 spiro atoms. The number of hydrogen-bond donors (Lipinski definition) is 2. The number of carbonyl (C=O) groups excluding carboxylic acids is 2. The normalized spacial score (nSPS) is 14.9. The lowest BCUT2D eigenvalue weighted by Crippen LogP contribution is -2.50. The summed E-state index contributed by atoms with van der Waals surface area (Å²) >= 11 is 12.6. The molecule has 9 heteroatoms. The van der Waals surface area contributed by atoms with Gasteiger partial charge in [0.25, 0.3) is 11.8 Å². The molecule has 4 aromatic rings. The quantitative estimate of drug-likeness (QED) is 0.380. The monoisotopic (exact) mass is 519 g/mol. The summed E-state index contributed by atoms with van der Waals surface area (Å²) in [7, 11) is 1.80. The number of benzene rings is 2. The first-order chi connectivity index (χ1) is 17.3. The number of likely N-dealkylation sites (N-methyl/N-ethyl adjacent to an activating group) is 1. The number of rotatable bonds is 6. The van der Waals surface area contributed by atoms with Crippen molar-refractivity contribution in [3.63, 3.8) is 0 Å². The predicted molar refractivity (Wildman–Crippen MR) is 142 cm³/mol. The second kappa shape index (κ2) is 9.85. The maximum atomic E-state index is 13.9. The van der Waals surface area contributed by atoms with Crippen LogP contribution < -0.4 is 11.1 Å². The van der Waals surface area contributed by atoms with Crippen LogP contribution in [0.3, 0.4) is 0 Å². The Balaban J connectivity index is 1.70. The Labute approximate surface area is 218 Å². The number of amides is 2. The first-order valence-electron chi connectivity index (χ1n) is 11.5. The van der Waals surface area contributed by atoms with Gasteiger partial charge in [-0.25, -0.2) is 4.98 Å². The summed E-state index contributed by atoms with van der Waals surface area (Å²) in [5.41, 5.74) is 9.35. The number of fused-ring (bicyclic) bond motifs is 1. The molecule has 3 N–H and O–H groups in total. The Bertz CT molecular complexity index is 1480. The molecule has 2 aromatic heterocycles. The average molecular weight is 520 g/mol. The number of aromatic nitrogens is 2. The van der Waals surface area contributed by atoms with E-state index in [4.69, 9.17) is 28.9 Å². The summed E-state index contributed by atoms with van der Waals surface area (Å²) < 4.78 is 0. The number of hydrogen-bond acceptors (Lipinski definition) is 5. The third-order valence-corrected chi connectivity index (χ3v) is 6.76. The van der Waals surface area contributed by atoms with E-state index in [1.807, 2.05) is 18.2 Å². The van der Waals surface area contributed by atoms with E-state index in [0.717, 1.165) is 18.5 Å². The lowest BCUT2D eigenvalue weighted by molar-refractivity contribution is 0.0769. The van der Waals surface area contributed by atoms with Gasteiger partial charge in [0, 0.05) is 52.4 Å². The summed E-state index contributed by atoms with van der Waals surface area (Å²) in [6, 6.07) is 16.1. The zero-order valence-electron chi connectivity index (χ0n) is 19.5. The van der Waals surface area contributed by atoms with Crippen molar-refractivity contribution in [2.24, 2.45) is 5.73 Å². The molecule has 5 rings (SSSR count). The average Bonchev–Trinajstić information content (AvgIpc) is 2.84. The second-order valence-corrected chi connectivity index (χ2v) is 9.71. The van der Waals surface area contributed by atoms with Crippen molar-refractivity contribution in [2.45, 2.75) is 12.5 Å². The molecule has 182 valence electrons. The summed E-state index contributed by atoms with van der Waals surface area (Å²) in [6.45, 7) is 1.54. The van der Waals surface area contributed by atoms with Crippen LogP contribution in [0.25, 0.3) is 33.3 Å². The molecular formula is C27H23Cl2N5O2. The van der Waals surface area contributed by atoms with Gasteiger partial charge in [0.2, 0.25) is 0 Å². The second-order valence-electron chi connectivity index (χ2n) is 8.83. The maximum Gasteiger partial charge on any atom is 0.267 e. The van der Waals surface area contributed by atoms with Crippen LogP contribution in [0.2, 0.25) is 10.0 Å². The van der Waals surface area contributed by atoms with Gasteiger partial charge in [-0.3, -0.25) is 14.6 Å². The van der Waals surface area contributed by atoms with E-state index in [0.29, 0.717) is 49.9 Å². The van der Waals surface area contributed by atoms with E-state index in [9.17, 15) is 9.59 Å². The van der Waals surface area contributed by atoms with E-state index >= 15 is 0 Å². The van der Waals surface area contributed by atoms with Crippen molar-refractivity contribution in [1.82, 2.24) is 20.2 Å². The lowest BCUT2D eigenvalue weighted by atomic mass is 9.95. The minimum atomic E-state index is -0.610. The molecule has 1 saturated heterocycles. The lowest BCUT2D eigenvalue weighted by Gasteiger charge is -2.32. The fraction of sp³-hybridized carbons (Fsp3) is 0.185. The SMILES string of the molecule is CN(C[C@@H]1CCN1)C(=O)c1c(-c2cc(Cl)cc(Cl)c2)cnc2ccc(-c3cccc(C(N)=O)n3)cc12. The zero-order valence-corrected chi connectivity index (χ0v) is 21.0. The van der Waals surface area contributed by atoms with Gasteiger partial charge in [-0.05, 0) is 61.0 Å². The Hall–Kier alpha value is -3.52. The summed E-state index contributed by atoms with van der Waals surface area (Å²) in [5.74, 6) is -0.750. The number of primary amides is 1. The molecule has 0 aliphatic carbocycles. The maximum absolute atomic E-state index is 13.9. The Morgan fingerprint density at radius 2 is 1.83 bits per heavy atom. The van der Waals surface area contributed by atoms with Gasteiger partial charge in [0.1, 0.15) is 5.69 Å². The highest BCUT2D eigenvalue weighted by Gasteiger charge is 2.25. The van der Waals surface area contributed by atoms with Crippen LogP contribution in [0.1, 0.15) is 27.3 Å². The number of carbonyl (C=O) groups is 2. The Morgan fingerprint density at radius 1 is 1.08 bits per heavy atom. The summed E-state index contributed by atoms with van der Waals surface area (Å²) in [6.07, 6.45) is 2.70. The van der Waals surface area contributed by atoms with E-state index < -0.39 is 5.91 Å². The van der Waals surface area contributed by atoms with Gasteiger partial charge in [-0.1, -0.05) is 35.3 Å². The molecule has 1 fully saturated rings. The number of nitrogens with zero attached hydrogens (tertiary/aromatic N) is 3. The molecule has 36 heavy (non-hydrogen) atoms. The molecule has 2 aromatic carbocycles. The van der Waals surface area contributed by atoms with Crippen molar-refractivity contribution in [3.05, 3.63) is 82.1 Å². The number of halogens is 2. The zero-order chi connectivity index (χ0) is 25.4. The largest absolute Gasteiger partial charge is 0.364 e. The first kappa shape index (κ1) is 24.2. The van der Waals surface area contributed by atoms with Gasteiger partial charge >= 0.3 is 0 Å².